The molecule has 1 amide bonds. The zero-order chi connectivity index (χ0) is 28.2. The van der Waals surface area contributed by atoms with Gasteiger partial charge in [0.15, 0.2) is 0 Å². The third kappa shape index (κ3) is 6.33. The first-order valence-electron chi connectivity index (χ1n) is 14.0. The number of nitrogens with zero attached hydrogens (tertiary/aromatic N) is 2. The summed E-state index contributed by atoms with van der Waals surface area (Å²) in [6, 6.07) is 15.5. The van der Waals surface area contributed by atoms with Gasteiger partial charge < -0.3 is 30.3 Å². The van der Waals surface area contributed by atoms with Crippen LogP contribution in [0.15, 0.2) is 54.7 Å². The molecular formula is C31H38ClN3O5. The third-order valence-electron chi connectivity index (χ3n) is 8.28. The number of para-hydroxylation sites is 1. The van der Waals surface area contributed by atoms with Crippen molar-refractivity contribution in [2.75, 3.05) is 26.8 Å². The van der Waals surface area contributed by atoms with Gasteiger partial charge in [0.05, 0.1) is 30.4 Å². The minimum atomic E-state index is -0.715. The fourth-order valence-corrected chi connectivity index (χ4v) is 6.33. The van der Waals surface area contributed by atoms with Crippen molar-refractivity contribution >= 4 is 28.4 Å². The van der Waals surface area contributed by atoms with Crippen LogP contribution in [0.25, 0.3) is 22.0 Å². The minimum absolute atomic E-state index is 0.0105. The standard InChI is InChI=1S/C31H38ClN3O5/c1-39-28(22-7-4-8-23(32)30(22)21-14-19-6-2-3-9-25(19)34-17-21)11-5-10-26(36)29-18-35(12-13-40-29)31(38)20-15-24(33)27(37)16-20/h2-4,6-9,14,17,20,24,26-29,36-37H,5,10-13,15-16,18,33H2,1H3. The second kappa shape index (κ2) is 12.9. The van der Waals surface area contributed by atoms with Crippen LogP contribution in [-0.4, -0.2) is 77.2 Å². The average Bonchev–Trinajstić information content (AvgIpc) is 3.32. The summed E-state index contributed by atoms with van der Waals surface area (Å²) in [5.41, 5.74) is 9.64. The van der Waals surface area contributed by atoms with E-state index in [1.807, 2.05) is 48.7 Å². The maximum absolute atomic E-state index is 13.0. The smallest absolute Gasteiger partial charge is 0.226 e. The minimum Gasteiger partial charge on any atom is -0.391 e. The van der Waals surface area contributed by atoms with Gasteiger partial charge in [-0.1, -0.05) is 41.9 Å². The molecule has 1 aliphatic heterocycles. The molecule has 8 nitrogen and oxygen atoms in total. The molecule has 9 heteroatoms. The van der Waals surface area contributed by atoms with Crippen LogP contribution in [0.2, 0.25) is 5.02 Å². The van der Waals surface area contributed by atoms with Crippen LogP contribution >= 0.6 is 11.6 Å². The maximum Gasteiger partial charge on any atom is 0.226 e. The average molecular weight is 568 g/mol. The number of benzene rings is 2. The zero-order valence-electron chi connectivity index (χ0n) is 22.8. The Labute approximate surface area is 240 Å². The molecule has 4 N–H and O–H groups in total. The molecule has 1 saturated carbocycles. The van der Waals surface area contributed by atoms with Crippen LogP contribution in [-0.2, 0) is 14.3 Å². The number of hydrogen-bond acceptors (Lipinski definition) is 7. The first kappa shape index (κ1) is 28.9. The number of methoxy groups -OCH3 is 1. The Kier molecular flexibility index (Phi) is 9.35. The van der Waals surface area contributed by atoms with E-state index < -0.39 is 18.3 Å². The summed E-state index contributed by atoms with van der Waals surface area (Å²) < 4.78 is 11.8. The molecular weight excluding hydrogens is 530 g/mol. The van der Waals surface area contributed by atoms with E-state index in [1.165, 1.54) is 0 Å². The van der Waals surface area contributed by atoms with Crippen molar-refractivity contribution in [2.45, 2.75) is 62.6 Å². The lowest BCUT2D eigenvalue weighted by Gasteiger charge is -2.36. The summed E-state index contributed by atoms with van der Waals surface area (Å²) in [7, 11) is 1.68. The summed E-state index contributed by atoms with van der Waals surface area (Å²) in [5.74, 6) is -0.281. The Bertz CT molecular complexity index is 1310. The Morgan fingerprint density at radius 1 is 1.23 bits per heavy atom. The normalized spacial score (nSPS) is 24.8. The van der Waals surface area contributed by atoms with E-state index in [0.717, 1.165) is 27.6 Å². The number of morpholine rings is 1. The molecule has 2 aromatic carbocycles. The molecule has 0 spiro atoms. The van der Waals surface area contributed by atoms with Crippen LogP contribution in [0.1, 0.15) is 43.8 Å². The number of ether oxygens (including phenoxy) is 2. The second-order valence-corrected chi connectivity index (χ2v) is 11.3. The molecule has 1 saturated heterocycles. The van der Waals surface area contributed by atoms with Gasteiger partial charge in [-0.05, 0) is 55.9 Å². The quantitative estimate of drug-likeness (QED) is 0.356. The summed E-state index contributed by atoms with van der Waals surface area (Å²) in [5, 5.41) is 22.6. The topological polar surface area (TPSA) is 118 Å². The number of halogens is 1. The fraction of sp³-hybridized carbons (Fsp3) is 0.484. The maximum atomic E-state index is 13.0. The van der Waals surface area contributed by atoms with Gasteiger partial charge in [0.2, 0.25) is 5.91 Å². The van der Waals surface area contributed by atoms with Crippen molar-refractivity contribution in [3.05, 3.63) is 65.3 Å². The van der Waals surface area contributed by atoms with Crippen molar-refractivity contribution in [3.63, 3.8) is 0 Å². The molecule has 6 atom stereocenters. The molecule has 1 aliphatic carbocycles. The van der Waals surface area contributed by atoms with Crippen molar-refractivity contribution < 1.29 is 24.5 Å². The van der Waals surface area contributed by atoms with E-state index in [-0.39, 0.29) is 24.0 Å². The number of fused-ring (bicyclic) bond motifs is 1. The summed E-state index contributed by atoms with van der Waals surface area (Å²) >= 11 is 6.71. The molecule has 6 unspecified atom stereocenters. The van der Waals surface area contributed by atoms with Crippen LogP contribution < -0.4 is 5.73 Å². The molecule has 3 aromatic rings. The molecule has 2 heterocycles. The van der Waals surface area contributed by atoms with E-state index in [2.05, 4.69) is 11.1 Å². The van der Waals surface area contributed by atoms with Gasteiger partial charge in [0, 0.05) is 59.9 Å². The number of pyridine rings is 1. The van der Waals surface area contributed by atoms with Crippen molar-refractivity contribution in [3.8, 4) is 11.1 Å². The molecule has 2 fully saturated rings. The van der Waals surface area contributed by atoms with E-state index in [0.29, 0.717) is 56.8 Å². The number of amides is 1. The highest BCUT2D eigenvalue weighted by Crippen LogP contribution is 2.38. The Balaban J connectivity index is 1.21. The Hall–Kier alpha value is -2.59. The highest BCUT2D eigenvalue weighted by atomic mass is 35.5. The summed E-state index contributed by atoms with van der Waals surface area (Å²) in [6.45, 7) is 1.20. The number of carbonyl (C=O) groups is 1. The molecule has 40 heavy (non-hydrogen) atoms. The second-order valence-electron chi connectivity index (χ2n) is 10.9. The van der Waals surface area contributed by atoms with E-state index in [1.54, 1.807) is 12.0 Å². The largest absolute Gasteiger partial charge is 0.391 e. The number of rotatable bonds is 9. The predicted octanol–water partition coefficient (Wildman–Crippen LogP) is 4.10. The van der Waals surface area contributed by atoms with E-state index in [4.69, 9.17) is 26.8 Å². The fourth-order valence-electron chi connectivity index (χ4n) is 6.04. The van der Waals surface area contributed by atoms with Crippen LogP contribution in [0.5, 0.6) is 0 Å². The first-order valence-corrected chi connectivity index (χ1v) is 14.4. The molecule has 2 aliphatic rings. The van der Waals surface area contributed by atoms with Crippen molar-refractivity contribution in [1.29, 1.82) is 0 Å². The van der Waals surface area contributed by atoms with Gasteiger partial charge in [0.25, 0.3) is 0 Å². The lowest BCUT2D eigenvalue weighted by Crippen LogP contribution is -2.51. The van der Waals surface area contributed by atoms with E-state index in [9.17, 15) is 15.0 Å². The van der Waals surface area contributed by atoms with Gasteiger partial charge in [-0.3, -0.25) is 9.78 Å². The molecule has 5 rings (SSSR count). The Morgan fingerprint density at radius 2 is 2.05 bits per heavy atom. The lowest BCUT2D eigenvalue weighted by atomic mass is 9.93. The monoisotopic (exact) mass is 567 g/mol. The lowest BCUT2D eigenvalue weighted by molar-refractivity contribution is -0.148. The SMILES string of the molecule is COC(CCCC(O)C1CN(C(=O)C2CC(N)C(O)C2)CCO1)c1cccc(Cl)c1-c1cnc2ccccc2c1. The third-order valence-corrected chi connectivity index (χ3v) is 8.60. The number of nitrogens with two attached hydrogens (primary N) is 1. The highest BCUT2D eigenvalue weighted by molar-refractivity contribution is 6.33. The zero-order valence-corrected chi connectivity index (χ0v) is 23.5. The van der Waals surface area contributed by atoms with Crippen LogP contribution in [0.4, 0.5) is 0 Å². The van der Waals surface area contributed by atoms with Gasteiger partial charge >= 0.3 is 0 Å². The first-order chi connectivity index (χ1) is 19.4. The molecule has 1 aromatic heterocycles. The van der Waals surface area contributed by atoms with Gasteiger partial charge in [-0.2, -0.15) is 0 Å². The summed E-state index contributed by atoms with van der Waals surface area (Å²) in [4.78, 5) is 19.4. The van der Waals surface area contributed by atoms with E-state index >= 15 is 0 Å². The van der Waals surface area contributed by atoms with Crippen LogP contribution in [0, 0.1) is 5.92 Å². The van der Waals surface area contributed by atoms with Gasteiger partial charge in [-0.15, -0.1) is 0 Å². The number of aliphatic hydroxyl groups excluding tert-OH is 2. The van der Waals surface area contributed by atoms with Crippen molar-refractivity contribution in [1.82, 2.24) is 9.88 Å². The summed E-state index contributed by atoms with van der Waals surface area (Å²) in [6.07, 6.45) is 2.57. The highest BCUT2D eigenvalue weighted by Gasteiger charge is 2.39. The Morgan fingerprint density at radius 3 is 2.83 bits per heavy atom. The molecule has 0 radical (unpaired) electrons. The molecule has 214 valence electrons. The number of aromatic nitrogens is 1. The number of aliphatic hydroxyl groups is 2. The number of hydrogen-bond donors (Lipinski definition) is 3. The van der Waals surface area contributed by atoms with Crippen LogP contribution in [0.3, 0.4) is 0 Å². The van der Waals surface area contributed by atoms with Gasteiger partial charge in [0.1, 0.15) is 6.10 Å². The molecule has 0 bridgehead atoms. The van der Waals surface area contributed by atoms with Crippen molar-refractivity contribution in [2.24, 2.45) is 11.7 Å². The predicted molar refractivity (Wildman–Crippen MR) is 155 cm³/mol. The number of carbonyl (C=O) groups excluding carboxylic acids is 1. The van der Waals surface area contributed by atoms with Gasteiger partial charge in [-0.25, -0.2) is 0 Å².